The van der Waals surface area contributed by atoms with E-state index in [0.717, 1.165) is 63.7 Å². The van der Waals surface area contributed by atoms with Crippen molar-refractivity contribution in [1.29, 1.82) is 0 Å². The molecular formula is C27H36N4O2. The van der Waals surface area contributed by atoms with Gasteiger partial charge in [0.05, 0.1) is 0 Å². The van der Waals surface area contributed by atoms with E-state index in [2.05, 4.69) is 39.1 Å². The van der Waals surface area contributed by atoms with Crippen LogP contribution in [-0.4, -0.2) is 65.0 Å². The summed E-state index contributed by atoms with van der Waals surface area (Å²) in [5.41, 5.74) is 2.13. The molecular weight excluding hydrogens is 412 g/mol. The van der Waals surface area contributed by atoms with Gasteiger partial charge in [-0.15, -0.1) is 0 Å². The second-order valence-corrected chi connectivity index (χ2v) is 10.2. The van der Waals surface area contributed by atoms with Crippen LogP contribution in [0.4, 0.5) is 0 Å². The normalized spacial score (nSPS) is 22.0. The van der Waals surface area contributed by atoms with E-state index in [1.165, 1.54) is 50.5 Å². The molecule has 1 aromatic heterocycles. The van der Waals surface area contributed by atoms with Gasteiger partial charge in [-0.2, -0.15) is 0 Å². The van der Waals surface area contributed by atoms with Crippen LogP contribution in [0.5, 0.6) is 5.75 Å². The Balaban J connectivity index is 1.28. The second-order valence-electron chi connectivity index (χ2n) is 10.2. The van der Waals surface area contributed by atoms with Crippen LogP contribution in [-0.2, 0) is 6.42 Å². The molecule has 1 spiro atoms. The zero-order valence-electron chi connectivity index (χ0n) is 19.6. The number of amides is 1. The lowest BCUT2D eigenvalue weighted by molar-refractivity contribution is 0.0365. The number of para-hydroxylation sites is 1. The first kappa shape index (κ1) is 22.3. The summed E-state index contributed by atoms with van der Waals surface area (Å²) in [5, 5.41) is 0. The molecule has 1 aliphatic carbocycles. The summed E-state index contributed by atoms with van der Waals surface area (Å²) in [6.45, 7) is 5.69. The van der Waals surface area contributed by atoms with Crippen molar-refractivity contribution >= 4 is 5.91 Å². The van der Waals surface area contributed by atoms with Crippen molar-refractivity contribution in [1.82, 2.24) is 19.8 Å². The lowest BCUT2D eigenvalue weighted by atomic mass is 9.73. The monoisotopic (exact) mass is 448 g/mol. The number of carbonyl (C=O) groups excluding carboxylic acids is 1. The van der Waals surface area contributed by atoms with Crippen LogP contribution < -0.4 is 4.74 Å². The van der Waals surface area contributed by atoms with Crippen LogP contribution in [0.3, 0.4) is 0 Å². The van der Waals surface area contributed by atoms with Crippen LogP contribution in [0.15, 0.2) is 42.9 Å². The molecule has 6 heteroatoms. The van der Waals surface area contributed by atoms with Crippen molar-refractivity contribution < 1.29 is 9.53 Å². The number of piperidine rings is 1. The van der Waals surface area contributed by atoms with Gasteiger partial charge in [0, 0.05) is 38.9 Å². The van der Waals surface area contributed by atoms with Crippen molar-refractivity contribution in [3.63, 3.8) is 0 Å². The number of aryl methyl sites for hydroxylation is 1. The van der Waals surface area contributed by atoms with E-state index in [9.17, 15) is 4.79 Å². The Kier molecular flexibility index (Phi) is 6.91. The predicted octanol–water partition coefficient (Wildman–Crippen LogP) is 4.22. The molecule has 0 bridgehead atoms. The van der Waals surface area contributed by atoms with E-state index >= 15 is 0 Å². The number of hydrogen-bond acceptors (Lipinski definition) is 5. The van der Waals surface area contributed by atoms with Crippen molar-refractivity contribution in [2.45, 2.75) is 51.4 Å². The number of ether oxygens (including phenoxy) is 1. The highest BCUT2D eigenvalue weighted by Crippen LogP contribution is 2.40. The van der Waals surface area contributed by atoms with Gasteiger partial charge in [-0.25, -0.2) is 9.97 Å². The highest BCUT2D eigenvalue weighted by Gasteiger charge is 2.38. The largest absolute Gasteiger partial charge is 0.492 e. The van der Waals surface area contributed by atoms with Crippen LogP contribution in [0.25, 0.3) is 0 Å². The van der Waals surface area contributed by atoms with Gasteiger partial charge in [-0.1, -0.05) is 24.6 Å². The number of likely N-dealkylation sites (tertiary alicyclic amines) is 1. The lowest BCUT2D eigenvalue weighted by Gasteiger charge is -2.45. The molecule has 2 fully saturated rings. The van der Waals surface area contributed by atoms with Crippen molar-refractivity contribution in [3.05, 3.63) is 54.1 Å². The van der Waals surface area contributed by atoms with E-state index in [4.69, 9.17) is 4.74 Å². The number of nitrogens with zero attached hydrogens (tertiary/aromatic N) is 4. The van der Waals surface area contributed by atoms with Gasteiger partial charge in [-0.05, 0) is 74.0 Å². The van der Waals surface area contributed by atoms with Crippen LogP contribution in [0.2, 0.25) is 0 Å². The average Bonchev–Trinajstić information content (AvgIpc) is 3.67. The number of carbonyl (C=O) groups is 1. The molecule has 0 atom stereocenters. The minimum Gasteiger partial charge on any atom is -0.492 e. The number of hydrogen-bond donors (Lipinski definition) is 0. The summed E-state index contributed by atoms with van der Waals surface area (Å²) in [7, 11) is 0. The summed E-state index contributed by atoms with van der Waals surface area (Å²) in [6, 6.07) is 10.3. The quantitative estimate of drug-likeness (QED) is 0.704. The zero-order chi connectivity index (χ0) is 22.5. The highest BCUT2D eigenvalue weighted by molar-refractivity contribution is 5.92. The molecule has 1 saturated heterocycles. The summed E-state index contributed by atoms with van der Waals surface area (Å²) in [6.07, 6.45) is 12.7. The van der Waals surface area contributed by atoms with E-state index in [1.54, 1.807) is 12.3 Å². The maximum absolute atomic E-state index is 12.9. The fourth-order valence-electron chi connectivity index (χ4n) is 5.58. The molecule has 0 unspecified atom stereocenters. The zero-order valence-corrected chi connectivity index (χ0v) is 19.6. The topological polar surface area (TPSA) is 58.6 Å². The van der Waals surface area contributed by atoms with E-state index in [-0.39, 0.29) is 11.3 Å². The summed E-state index contributed by atoms with van der Waals surface area (Å²) in [5.74, 6) is 1.97. The van der Waals surface area contributed by atoms with E-state index in [1.807, 2.05) is 4.90 Å². The van der Waals surface area contributed by atoms with Crippen LogP contribution in [0.1, 0.15) is 61.0 Å². The average molecular weight is 449 g/mol. The molecule has 3 aliphatic rings. The number of rotatable bonds is 3. The summed E-state index contributed by atoms with van der Waals surface area (Å²) in [4.78, 5) is 25.7. The first-order valence-electron chi connectivity index (χ1n) is 12.7. The molecule has 1 amide bonds. The molecule has 0 radical (unpaired) electrons. The second kappa shape index (κ2) is 10.2. The molecule has 176 valence electrons. The molecule has 3 heterocycles. The predicted molar refractivity (Wildman–Crippen MR) is 128 cm³/mol. The Morgan fingerprint density at radius 2 is 1.91 bits per heavy atom. The Hall–Kier alpha value is -2.47. The highest BCUT2D eigenvalue weighted by atomic mass is 16.5. The number of aromatic nitrogens is 2. The van der Waals surface area contributed by atoms with Gasteiger partial charge < -0.3 is 9.64 Å². The third kappa shape index (κ3) is 5.72. The molecule has 6 nitrogen and oxygen atoms in total. The molecule has 0 N–H and O–H groups in total. The number of benzene rings is 1. The standard InChI is InChI=1S/C27H36N4O2/c32-26(24-10-14-28-21-29-24)31-15-12-27(13-16-31)11-4-3-6-23-5-1-2-7-25(23)33-18-17-30(20-27)19-22-8-9-22/h1-2,5,7,10,14,21-22H,3-4,6,8-9,11-13,15-20H2. The molecule has 2 aliphatic heterocycles. The summed E-state index contributed by atoms with van der Waals surface area (Å²) < 4.78 is 6.26. The smallest absolute Gasteiger partial charge is 0.272 e. The van der Waals surface area contributed by atoms with Gasteiger partial charge in [0.25, 0.3) is 5.91 Å². The molecule has 33 heavy (non-hydrogen) atoms. The van der Waals surface area contributed by atoms with Crippen molar-refractivity contribution in [2.24, 2.45) is 11.3 Å². The Morgan fingerprint density at radius 3 is 2.70 bits per heavy atom. The van der Waals surface area contributed by atoms with Gasteiger partial charge in [0.2, 0.25) is 0 Å². The first-order chi connectivity index (χ1) is 16.2. The Bertz CT molecular complexity index is 923. The SMILES string of the molecule is O=C(c1ccncn1)N1CCC2(CCCCc3ccccc3OCCN(CC3CC3)C2)CC1. The lowest BCUT2D eigenvalue weighted by Crippen LogP contribution is -2.49. The molecule has 1 saturated carbocycles. The van der Waals surface area contributed by atoms with E-state index in [0.29, 0.717) is 5.69 Å². The van der Waals surface area contributed by atoms with Gasteiger partial charge in [0.15, 0.2) is 0 Å². The summed E-state index contributed by atoms with van der Waals surface area (Å²) >= 11 is 0. The fraction of sp³-hybridized carbons (Fsp3) is 0.593. The van der Waals surface area contributed by atoms with Gasteiger partial charge >= 0.3 is 0 Å². The Labute approximate surface area is 197 Å². The van der Waals surface area contributed by atoms with Crippen molar-refractivity contribution in [3.8, 4) is 5.75 Å². The van der Waals surface area contributed by atoms with E-state index < -0.39 is 0 Å². The van der Waals surface area contributed by atoms with Gasteiger partial charge in [-0.3, -0.25) is 9.69 Å². The molecule has 5 rings (SSSR count). The Morgan fingerprint density at radius 1 is 1.06 bits per heavy atom. The third-order valence-corrected chi connectivity index (χ3v) is 7.73. The van der Waals surface area contributed by atoms with Crippen molar-refractivity contribution in [2.75, 3.05) is 39.3 Å². The minimum absolute atomic E-state index is 0.0419. The first-order valence-corrected chi connectivity index (χ1v) is 12.7. The molecule has 2 aromatic rings. The van der Waals surface area contributed by atoms with Crippen LogP contribution in [0, 0.1) is 11.3 Å². The minimum atomic E-state index is 0.0419. The maximum atomic E-state index is 12.9. The number of fused-ring (bicyclic) bond motifs is 1. The third-order valence-electron chi connectivity index (χ3n) is 7.73. The maximum Gasteiger partial charge on any atom is 0.272 e. The fourth-order valence-corrected chi connectivity index (χ4v) is 5.58. The van der Waals surface area contributed by atoms with Crippen LogP contribution >= 0.6 is 0 Å². The van der Waals surface area contributed by atoms with Gasteiger partial charge in [0.1, 0.15) is 24.4 Å². The molecule has 1 aromatic carbocycles.